The van der Waals surface area contributed by atoms with Gasteiger partial charge in [0, 0.05) is 37.6 Å². The zero-order valence-corrected chi connectivity index (χ0v) is 13.1. The van der Waals surface area contributed by atoms with E-state index in [1.54, 1.807) is 23.7 Å². The summed E-state index contributed by atoms with van der Waals surface area (Å²) in [6, 6.07) is 2.06. The lowest BCUT2D eigenvalue weighted by Gasteiger charge is -2.20. The summed E-state index contributed by atoms with van der Waals surface area (Å²) in [5, 5.41) is 9.43. The van der Waals surface area contributed by atoms with Crippen LogP contribution in [-0.4, -0.2) is 48.7 Å². The average Bonchev–Trinajstić information content (AvgIpc) is 3.38. The minimum Gasteiger partial charge on any atom is -0.390 e. The van der Waals surface area contributed by atoms with Gasteiger partial charge in [0.05, 0.1) is 13.2 Å². The highest BCUT2D eigenvalue weighted by molar-refractivity contribution is 7.89. The van der Waals surface area contributed by atoms with Crippen molar-refractivity contribution in [3.8, 4) is 0 Å². The molecule has 0 aliphatic heterocycles. The average molecular weight is 314 g/mol. The van der Waals surface area contributed by atoms with Crippen molar-refractivity contribution in [2.45, 2.75) is 49.3 Å². The Kier molecular flexibility index (Phi) is 4.09. The van der Waals surface area contributed by atoms with Gasteiger partial charge in [-0.05, 0) is 31.7 Å². The van der Waals surface area contributed by atoms with Gasteiger partial charge in [0.15, 0.2) is 0 Å². The number of hydrogen-bond acceptors (Lipinski definition) is 4. The maximum absolute atomic E-state index is 12.8. The van der Waals surface area contributed by atoms with Crippen LogP contribution < -0.4 is 0 Å². The Morgan fingerprint density at radius 1 is 1.38 bits per heavy atom. The first kappa shape index (κ1) is 15.0. The first-order chi connectivity index (χ1) is 10.1. The second-order valence-electron chi connectivity index (χ2n) is 5.80. The molecule has 3 rings (SSSR count). The molecule has 2 aliphatic rings. The Morgan fingerprint density at radius 2 is 2.10 bits per heavy atom. The van der Waals surface area contributed by atoms with Gasteiger partial charge in [-0.15, -0.1) is 0 Å². The van der Waals surface area contributed by atoms with E-state index in [0.717, 1.165) is 25.7 Å². The van der Waals surface area contributed by atoms with Crippen LogP contribution in [0.5, 0.6) is 0 Å². The molecule has 1 heterocycles. The van der Waals surface area contributed by atoms with Crippen LogP contribution in [0.1, 0.15) is 37.4 Å². The molecule has 0 saturated heterocycles. The van der Waals surface area contributed by atoms with Crippen molar-refractivity contribution in [2.75, 3.05) is 20.3 Å². The van der Waals surface area contributed by atoms with Gasteiger partial charge in [0.2, 0.25) is 10.0 Å². The summed E-state index contributed by atoms with van der Waals surface area (Å²) in [5.41, 5.74) is 0.679. The van der Waals surface area contributed by atoms with Crippen LogP contribution in [0.3, 0.4) is 0 Å². The Bertz CT molecular complexity index is 602. The van der Waals surface area contributed by atoms with Crippen molar-refractivity contribution in [3.05, 3.63) is 18.0 Å². The highest BCUT2D eigenvalue weighted by Gasteiger charge is 2.39. The highest BCUT2D eigenvalue weighted by Crippen LogP contribution is 2.38. The van der Waals surface area contributed by atoms with Gasteiger partial charge in [-0.1, -0.05) is 0 Å². The minimum absolute atomic E-state index is 0.104. The molecule has 2 saturated carbocycles. The lowest BCUT2D eigenvalue weighted by molar-refractivity contribution is 0.177. The number of nitrogens with zero attached hydrogens (tertiary/aromatic N) is 2. The number of ether oxygens (including phenoxy) is 1. The molecule has 118 valence electrons. The van der Waals surface area contributed by atoms with E-state index in [-0.39, 0.29) is 12.6 Å². The van der Waals surface area contributed by atoms with Crippen LogP contribution in [0.15, 0.2) is 17.2 Å². The fourth-order valence-electron chi connectivity index (χ4n) is 2.64. The largest absolute Gasteiger partial charge is 0.390 e. The van der Waals surface area contributed by atoms with E-state index in [1.807, 2.05) is 4.57 Å². The highest BCUT2D eigenvalue weighted by atomic mass is 32.2. The molecule has 1 N–H and O–H groups in total. The topological polar surface area (TPSA) is 71.8 Å². The van der Waals surface area contributed by atoms with Gasteiger partial charge in [-0.3, -0.25) is 0 Å². The summed E-state index contributed by atoms with van der Waals surface area (Å²) in [6.07, 6.45) is 5.62. The number of sulfonamides is 1. The first-order valence-electron chi connectivity index (χ1n) is 7.40. The molecule has 0 unspecified atom stereocenters. The number of aromatic nitrogens is 1. The first-order valence-corrected chi connectivity index (χ1v) is 8.84. The molecule has 2 fully saturated rings. The third-order valence-electron chi connectivity index (χ3n) is 4.09. The Hall–Kier alpha value is -0.890. The number of hydrogen-bond donors (Lipinski definition) is 1. The molecule has 0 amide bonds. The molecule has 1 aromatic rings. The molecule has 2 aliphatic carbocycles. The SMILES string of the molecule is COCCN(C1CC1)S(=O)(=O)c1cc(CO)n(C2CC2)c1. The summed E-state index contributed by atoms with van der Waals surface area (Å²) in [5.74, 6) is 0. The lowest BCUT2D eigenvalue weighted by Crippen LogP contribution is -2.35. The third-order valence-corrected chi connectivity index (χ3v) is 6.00. The van der Waals surface area contributed by atoms with Gasteiger partial charge < -0.3 is 14.4 Å². The quantitative estimate of drug-likeness (QED) is 0.780. The van der Waals surface area contributed by atoms with Crippen molar-refractivity contribution in [2.24, 2.45) is 0 Å². The molecular weight excluding hydrogens is 292 g/mol. The Balaban J connectivity index is 1.89. The van der Waals surface area contributed by atoms with Crippen molar-refractivity contribution in [1.82, 2.24) is 8.87 Å². The van der Waals surface area contributed by atoms with Crippen molar-refractivity contribution >= 4 is 10.0 Å². The fraction of sp³-hybridized carbons (Fsp3) is 0.714. The van der Waals surface area contributed by atoms with E-state index in [9.17, 15) is 13.5 Å². The van der Waals surface area contributed by atoms with Gasteiger partial charge in [-0.2, -0.15) is 4.31 Å². The third kappa shape index (κ3) is 3.01. The van der Waals surface area contributed by atoms with Crippen molar-refractivity contribution < 1.29 is 18.3 Å². The molecule has 7 heteroatoms. The van der Waals surface area contributed by atoms with Crippen LogP contribution in [0.4, 0.5) is 0 Å². The molecule has 0 bridgehead atoms. The fourth-order valence-corrected chi connectivity index (χ4v) is 4.36. The summed E-state index contributed by atoms with van der Waals surface area (Å²) in [7, 11) is -1.93. The molecular formula is C14H22N2O4S. The standard InChI is InChI=1S/C14H22N2O4S/c1-20-7-6-16(12-4-5-12)21(18,19)14-8-13(10-17)15(9-14)11-2-3-11/h8-9,11-12,17H,2-7,10H2,1H3. The molecule has 0 spiro atoms. The van der Waals surface area contributed by atoms with E-state index < -0.39 is 10.0 Å². The smallest absolute Gasteiger partial charge is 0.244 e. The monoisotopic (exact) mass is 314 g/mol. The van der Waals surface area contributed by atoms with Crippen LogP contribution in [0, 0.1) is 0 Å². The maximum atomic E-state index is 12.8. The summed E-state index contributed by atoms with van der Waals surface area (Å²) < 4.78 is 34.1. The van der Waals surface area contributed by atoms with Crippen molar-refractivity contribution in [3.63, 3.8) is 0 Å². The minimum atomic E-state index is -3.51. The number of aliphatic hydroxyl groups excluding tert-OH is 1. The normalized spacial score (nSPS) is 19.4. The van der Waals surface area contributed by atoms with Gasteiger partial charge >= 0.3 is 0 Å². The zero-order valence-electron chi connectivity index (χ0n) is 12.2. The number of methoxy groups -OCH3 is 1. The molecule has 0 atom stereocenters. The van der Waals surface area contributed by atoms with Gasteiger partial charge in [-0.25, -0.2) is 8.42 Å². The van der Waals surface area contributed by atoms with Gasteiger partial charge in [0.25, 0.3) is 0 Å². The molecule has 6 nitrogen and oxygen atoms in total. The van der Waals surface area contributed by atoms with Crippen LogP contribution >= 0.6 is 0 Å². The number of aliphatic hydroxyl groups is 1. The van der Waals surface area contributed by atoms with E-state index in [0.29, 0.717) is 29.8 Å². The second-order valence-corrected chi connectivity index (χ2v) is 7.69. The summed E-state index contributed by atoms with van der Waals surface area (Å²) >= 11 is 0. The van der Waals surface area contributed by atoms with E-state index in [4.69, 9.17) is 4.74 Å². The van der Waals surface area contributed by atoms with E-state index >= 15 is 0 Å². The molecule has 21 heavy (non-hydrogen) atoms. The lowest BCUT2D eigenvalue weighted by atomic mass is 10.4. The molecule has 0 radical (unpaired) electrons. The predicted octanol–water partition coefficient (Wildman–Crippen LogP) is 1.11. The van der Waals surface area contributed by atoms with Crippen molar-refractivity contribution in [1.29, 1.82) is 0 Å². The molecule has 0 aromatic carbocycles. The number of rotatable bonds is 8. The van der Waals surface area contributed by atoms with Gasteiger partial charge in [0.1, 0.15) is 4.90 Å². The van der Waals surface area contributed by atoms with Crippen LogP contribution in [0.2, 0.25) is 0 Å². The zero-order chi connectivity index (χ0) is 15.0. The Morgan fingerprint density at radius 3 is 2.62 bits per heavy atom. The summed E-state index contributed by atoms with van der Waals surface area (Å²) in [6.45, 7) is 0.645. The second kappa shape index (κ2) is 5.72. The Labute approximate surface area is 125 Å². The predicted molar refractivity (Wildman–Crippen MR) is 77.4 cm³/mol. The van der Waals surface area contributed by atoms with E-state index in [2.05, 4.69) is 0 Å². The van der Waals surface area contributed by atoms with Crippen LogP contribution in [-0.2, 0) is 21.4 Å². The summed E-state index contributed by atoms with van der Waals surface area (Å²) in [4.78, 5) is 0.293. The van der Waals surface area contributed by atoms with E-state index in [1.165, 1.54) is 0 Å². The molecule has 1 aromatic heterocycles. The maximum Gasteiger partial charge on any atom is 0.244 e. The van der Waals surface area contributed by atoms with Crippen LogP contribution in [0.25, 0.3) is 0 Å².